The Labute approximate surface area is 90.1 Å². The molecule has 2 heteroatoms. The molecule has 1 unspecified atom stereocenters. The Morgan fingerprint density at radius 2 is 2.20 bits per heavy atom. The third kappa shape index (κ3) is 1.85. The van der Waals surface area contributed by atoms with E-state index >= 15 is 0 Å². The summed E-state index contributed by atoms with van der Waals surface area (Å²) in [6.07, 6.45) is 4.83. The van der Waals surface area contributed by atoms with Crippen LogP contribution < -0.4 is 5.73 Å². The van der Waals surface area contributed by atoms with Crippen LogP contribution >= 0.6 is 0 Å². The number of hydrogen-bond donors (Lipinski definition) is 1. The van der Waals surface area contributed by atoms with Gasteiger partial charge in [0.2, 0.25) is 0 Å². The third-order valence-electron chi connectivity index (χ3n) is 2.93. The van der Waals surface area contributed by atoms with Crippen molar-refractivity contribution in [2.75, 3.05) is 6.54 Å². The topological polar surface area (TPSA) is 38.9 Å². The van der Waals surface area contributed by atoms with Gasteiger partial charge in [0.05, 0.1) is 0 Å². The van der Waals surface area contributed by atoms with E-state index < -0.39 is 0 Å². The van der Waals surface area contributed by atoms with Crippen LogP contribution in [0.25, 0.3) is 10.8 Å². The van der Waals surface area contributed by atoms with Crippen molar-refractivity contribution in [3.8, 4) is 0 Å². The fourth-order valence-corrected chi connectivity index (χ4v) is 2.02. The SMILES string of the molecule is CCC(CN)c1cccc2cnccc12. The van der Waals surface area contributed by atoms with Crippen molar-refractivity contribution in [2.45, 2.75) is 19.3 Å². The molecule has 1 aromatic heterocycles. The Bertz CT molecular complexity index is 442. The van der Waals surface area contributed by atoms with Gasteiger partial charge in [-0.1, -0.05) is 25.1 Å². The highest BCUT2D eigenvalue weighted by atomic mass is 14.6. The molecular formula is C13H16N2. The highest BCUT2D eigenvalue weighted by Gasteiger charge is 2.09. The Kier molecular flexibility index (Phi) is 2.97. The van der Waals surface area contributed by atoms with Crippen molar-refractivity contribution in [1.29, 1.82) is 0 Å². The molecule has 0 aliphatic rings. The highest BCUT2D eigenvalue weighted by Crippen LogP contribution is 2.26. The van der Waals surface area contributed by atoms with Gasteiger partial charge in [-0.25, -0.2) is 0 Å². The van der Waals surface area contributed by atoms with Gasteiger partial charge in [0.1, 0.15) is 0 Å². The van der Waals surface area contributed by atoms with Crippen LogP contribution in [0.2, 0.25) is 0 Å². The fourth-order valence-electron chi connectivity index (χ4n) is 2.02. The quantitative estimate of drug-likeness (QED) is 0.827. The summed E-state index contributed by atoms with van der Waals surface area (Å²) >= 11 is 0. The predicted molar refractivity (Wildman–Crippen MR) is 63.8 cm³/mol. The van der Waals surface area contributed by atoms with Gasteiger partial charge in [0.15, 0.2) is 0 Å². The molecule has 0 amide bonds. The molecule has 0 saturated carbocycles. The minimum Gasteiger partial charge on any atom is -0.330 e. The summed E-state index contributed by atoms with van der Waals surface area (Å²) in [5, 5.41) is 2.48. The first-order chi connectivity index (χ1) is 7.36. The van der Waals surface area contributed by atoms with E-state index in [0.717, 1.165) is 6.42 Å². The number of rotatable bonds is 3. The van der Waals surface area contributed by atoms with E-state index in [1.165, 1.54) is 16.3 Å². The van der Waals surface area contributed by atoms with Crippen LogP contribution in [0.5, 0.6) is 0 Å². The van der Waals surface area contributed by atoms with Gasteiger partial charge >= 0.3 is 0 Å². The summed E-state index contributed by atoms with van der Waals surface area (Å²) in [5.41, 5.74) is 7.14. The van der Waals surface area contributed by atoms with Gasteiger partial charge < -0.3 is 5.73 Å². The number of fused-ring (bicyclic) bond motifs is 1. The number of aromatic nitrogens is 1. The zero-order valence-electron chi connectivity index (χ0n) is 8.98. The second kappa shape index (κ2) is 4.41. The molecule has 2 aromatic rings. The maximum absolute atomic E-state index is 5.79. The molecule has 0 bridgehead atoms. The average Bonchev–Trinajstić information content (AvgIpc) is 2.31. The molecule has 2 nitrogen and oxygen atoms in total. The standard InChI is InChI=1S/C13H16N2/c1-2-10(8-14)12-5-3-4-11-9-15-7-6-13(11)12/h3-7,9-10H,2,8,14H2,1H3. The lowest BCUT2D eigenvalue weighted by Gasteiger charge is -2.15. The second-order valence-electron chi connectivity index (χ2n) is 3.78. The molecule has 0 fully saturated rings. The van der Waals surface area contributed by atoms with Crippen LogP contribution in [-0.4, -0.2) is 11.5 Å². The molecular weight excluding hydrogens is 184 g/mol. The fraction of sp³-hybridized carbons (Fsp3) is 0.308. The molecule has 0 aliphatic carbocycles. The summed E-state index contributed by atoms with van der Waals surface area (Å²) in [6.45, 7) is 2.88. The largest absolute Gasteiger partial charge is 0.330 e. The lowest BCUT2D eigenvalue weighted by atomic mass is 9.92. The van der Waals surface area contributed by atoms with Crippen molar-refractivity contribution in [2.24, 2.45) is 5.73 Å². The van der Waals surface area contributed by atoms with Crippen LogP contribution in [-0.2, 0) is 0 Å². The average molecular weight is 200 g/mol. The first kappa shape index (κ1) is 10.1. The summed E-state index contributed by atoms with van der Waals surface area (Å²) in [5.74, 6) is 0.455. The smallest absolute Gasteiger partial charge is 0.0346 e. The zero-order chi connectivity index (χ0) is 10.7. The van der Waals surface area contributed by atoms with Crippen molar-refractivity contribution in [1.82, 2.24) is 4.98 Å². The van der Waals surface area contributed by atoms with Gasteiger partial charge in [0, 0.05) is 17.8 Å². The molecule has 1 aromatic carbocycles. The third-order valence-corrected chi connectivity index (χ3v) is 2.93. The predicted octanol–water partition coefficient (Wildman–Crippen LogP) is 2.69. The number of pyridine rings is 1. The van der Waals surface area contributed by atoms with Crippen LogP contribution in [0.4, 0.5) is 0 Å². The normalized spacial score (nSPS) is 12.9. The maximum Gasteiger partial charge on any atom is 0.0346 e. The van der Waals surface area contributed by atoms with Gasteiger partial charge in [-0.05, 0) is 35.9 Å². The molecule has 2 N–H and O–H groups in total. The molecule has 78 valence electrons. The summed E-state index contributed by atoms with van der Waals surface area (Å²) in [7, 11) is 0. The lowest BCUT2D eigenvalue weighted by Crippen LogP contribution is -2.11. The van der Waals surface area contributed by atoms with E-state index in [2.05, 4.69) is 36.2 Å². The van der Waals surface area contributed by atoms with E-state index in [4.69, 9.17) is 5.73 Å². The van der Waals surface area contributed by atoms with Crippen LogP contribution in [0, 0.1) is 0 Å². The Balaban J connectivity index is 2.59. The summed E-state index contributed by atoms with van der Waals surface area (Å²) in [6, 6.07) is 8.42. The summed E-state index contributed by atoms with van der Waals surface area (Å²) < 4.78 is 0. The number of nitrogens with zero attached hydrogens (tertiary/aromatic N) is 1. The van der Waals surface area contributed by atoms with Crippen molar-refractivity contribution < 1.29 is 0 Å². The summed E-state index contributed by atoms with van der Waals surface area (Å²) in [4.78, 5) is 4.13. The van der Waals surface area contributed by atoms with Gasteiger partial charge in [-0.2, -0.15) is 0 Å². The van der Waals surface area contributed by atoms with Gasteiger partial charge in [-0.15, -0.1) is 0 Å². The van der Waals surface area contributed by atoms with Crippen LogP contribution in [0.15, 0.2) is 36.7 Å². The molecule has 0 saturated heterocycles. The van der Waals surface area contributed by atoms with Crippen molar-refractivity contribution in [3.63, 3.8) is 0 Å². The van der Waals surface area contributed by atoms with E-state index in [-0.39, 0.29) is 0 Å². The van der Waals surface area contributed by atoms with Crippen LogP contribution in [0.3, 0.4) is 0 Å². The van der Waals surface area contributed by atoms with Crippen LogP contribution in [0.1, 0.15) is 24.8 Å². The molecule has 0 radical (unpaired) electrons. The Morgan fingerprint density at radius 1 is 1.33 bits per heavy atom. The molecule has 0 aliphatic heterocycles. The lowest BCUT2D eigenvalue weighted by molar-refractivity contribution is 0.679. The van der Waals surface area contributed by atoms with E-state index in [1.807, 2.05) is 12.4 Å². The van der Waals surface area contributed by atoms with Crippen molar-refractivity contribution >= 4 is 10.8 Å². The number of benzene rings is 1. The Morgan fingerprint density at radius 3 is 2.93 bits per heavy atom. The van der Waals surface area contributed by atoms with Gasteiger partial charge in [0.25, 0.3) is 0 Å². The molecule has 0 spiro atoms. The zero-order valence-corrected chi connectivity index (χ0v) is 8.98. The maximum atomic E-state index is 5.79. The number of nitrogens with two attached hydrogens (primary N) is 1. The Hall–Kier alpha value is -1.41. The monoisotopic (exact) mass is 200 g/mol. The van der Waals surface area contributed by atoms with E-state index in [1.54, 1.807) is 0 Å². The molecule has 1 heterocycles. The second-order valence-corrected chi connectivity index (χ2v) is 3.78. The van der Waals surface area contributed by atoms with Crippen molar-refractivity contribution in [3.05, 3.63) is 42.2 Å². The van der Waals surface area contributed by atoms with E-state index in [0.29, 0.717) is 12.5 Å². The molecule has 2 rings (SSSR count). The van der Waals surface area contributed by atoms with Gasteiger partial charge in [-0.3, -0.25) is 4.98 Å². The first-order valence-corrected chi connectivity index (χ1v) is 5.39. The minimum atomic E-state index is 0.455. The highest BCUT2D eigenvalue weighted by molar-refractivity contribution is 5.85. The first-order valence-electron chi connectivity index (χ1n) is 5.39. The molecule has 1 atom stereocenters. The minimum absolute atomic E-state index is 0.455. The molecule has 15 heavy (non-hydrogen) atoms. The van der Waals surface area contributed by atoms with E-state index in [9.17, 15) is 0 Å². The number of hydrogen-bond acceptors (Lipinski definition) is 2.